The number of halogens is 1. The predicted octanol–water partition coefficient (Wildman–Crippen LogP) is 3.94. The molecular weight excluding hydrogens is 274 g/mol. The standard InChI is InChI=1S/C16H26ClNO2/c1-5-9-18-12(2)14-11-13(17)6-7-15(14)20-10-8-16(3,4)19/h6-7,11-12,18-19H,5,8-10H2,1-4H3. The molecule has 2 N–H and O–H groups in total. The molecule has 4 heteroatoms. The molecule has 1 aromatic carbocycles. The van der Waals surface area contributed by atoms with E-state index in [1.165, 1.54) is 0 Å². The lowest BCUT2D eigenvalue weighted by Gasteiger charge is -2.21. The second-order valence-electron chi connectivity index (χ2n) is 5.77. The Morgan fingerprint density at radius 2 is 2.10 bits per heavy atom. The molecule has 0 radical (unpaired) electrons. The number of ether oxygens (including phenoxy) is 1. The first-order chi connectivity index (χ1) is 9.33. The summed E-state index contributed by atoms with van der Waals surface area (Å²) >= 11 is 6.08. The number of aliphatic hydroxyl groups is 1. The lowest BCUT2D eigenvalue weighted by molar-refractivity contribution is 0.0551. The quantitative estimate of drug-likeness (QED) is 0.764. The monoisotopic (exact) mass is 299 g/mol. The summed E-state index contributed by atoms with van der Waals surface area (Å²) in [6, 6.07) is 5.85. The molecule has 114 valence electrons. The Kier molecular flexibility index (Phi) is 6.80. The van der Waals surface area contributed by atoms with Crippen LogP contribution in [0.15, 0.2) is 18.2 Å². The van der Waals surface area contributed by atoms with Crippen LogP contribution in [0.1, 0.15) is 52.1 Å². The molecular formula is C16H26ClNO2. The van der Waals surface area contributed by atoms with Gasteiger partial charge in [-0.2, -0.15) is 0 Å². The van der Waals surface area contributed by atoms with Gasteiger partial charge in [0.25, 0.3) is 0 Å². The van der Waals surface area contributed by atoms with Crippen molar-refractivity contribution in [3.8, 4) is 5.75 Å². The van der Waals surface area contributed by atoms with Gasteiger partial charge in [-0.25, -0.2) is 0 Å². The van der Waals surface area contributed by atoms with Gasteiger partial charge in [0.15, 0.2) is 0 Å². The molecule has 0 aliphatic carbocycles. The zero-order valence-electron chi connectivity index (χ0n) is 12.9. The summed E-state index contributed by atoms with van der Waals surface area (Å²) in [5, 5.41) is 13.9. The average Bonchev–Trinajstić information content (AvgIpc) is 2.36. The number of nitrogens with one attached hydrogen (secondary N) is 1. The van der Waals surface area contributed by atoms with Gasteiger partial charge in [-0.3, -0.25) is 0 Å². The molecule has 0 bridgehead atoms. The fourth-order valence-electron chi connectivity index (χ4n) is 1.87. The topological polar surface area (TPSA) is 41.5 Å². The van der Waals surface area contributed by atoms with Crippen LogP contribution in [0.5, 0.6) is 5.75 Å². The van der Waals surface area contributed by atoms with Crippen LogP contribution in [0.4, 0.5) is 0 Å². The fraction of sp³-hybridized carbons (Fsp3) is 0.625. The van der Waals surface area contributed by atoms with Crippen molar-refractivity contribution in [3.05, 3.63) is 28.8 Å². The minimum Gasteiger partial charge on any atom is -0.493 e. The van der Waals surface area contributed by atoms with E-state index in [1.54, 1.807) is 13.8 Å². The minimum absolute atomic E-state index is 0.186. The van der Waals surface area contributed by atoms with Gasteiger partial charge in [0.05, 0.1) is 12.2 Å². The van der Waals surface area contributed by atoms with Crippen LogP contribution in [-0.2, 0) is 0 Å². The molecule has 0 heterocycles. The van der Waals surface area contributed by atoms with E-state index in [2.05, 4.69) is 19.2 Å². The largest absolute Gasteiger partial charge is 0.493 e. The van der Waals surface area contributed by atoms with E-state index in [0.717, 1.165) is 24.3 Å². The number of rotatable bonds is 8. The molecule has 0 aliphatic rings. The van der Waals surface area contributed by atoms with Crippen LogP contribution >= 0.6 is 11.6 Å². The first-order valence-corrected chi connectivity index (χ1v) is 7.59. The first kappa shape index (κ1) is 17.3. The Bertz CT molecular complexity index is 415. The molecule has 20 heavy (non-hydrogen) atoms. The van der Waals surface area contributed by atoms with E-state index in [1.807, 2.05) is 18.2 Å². The maximum Gasteiger partial charge on any atom is 0.124 e. The van der Waals surface area contributed by atoms with Crippen molar-refractivity contribution in [1.82, 2.24) is 5.32 Å². The van der Waals surface area contributed by atoms with E-state index in [0.29, 0.717) is 18.1 Å². The summed E-state index contributed by atoms with van der Waals surface area (Å²) in [4.78, 5) is 0. The van der Waals surface area contributed by atoms with Crippen molar-refractivity contribution < 1.29 is 9.84 Å². The molecule has 1 aromatic rings. The smallest absolute Gasteiger partial charge is 0.124 e. The maximum atomic E-state index is 9.72. The molecule has 0 spiro atoms. The number of benzene rings is 1. The van der Waals surface area contributed by atoms with Crippen molar-refractivity contribution in [1.29, 1.82) is 0 Å². The van der Waals surface area contributed by atoms with Gasteiger partial charge in [0.2, 0.25) is 0 Å². The second-order valence-corrected chi connectivity index (χ2v) is 6.21. The van der Waals surface area contributed by atoms with E-state index < -0.39 is 5.60 Å². The van der Waals surface area contributed by atoms with Crippen LogP contribution in [0.2, 0.25) is 5.02 Å². The van der Waals surface area contributed by atoms with Crippen molar-refractivity contribution in [2.24, 2.45) is 0 Å². The third-order valence-electron chi connectivity index (χ3n) is 3.11. The lowest BCUT2D eigenvalue weighted by Crippen LogP contribution is -2.23. The maximum absolute atomic E-state index is 9.72. The highest BCUT2D eigenvalue weighted by Crippen LogP contribution is 2.28. The summed E-state index contributed by atoms with van der Waals surface area (Å²) in [6.07, 6.45) is 1.67. The van der Waals surface area contributed by atoms with E-state index >= 15 is 0 Å². The number of hydrogen-bond acceptors (Lipinski definition) is 3. The van der Waals surface area contributed by atoms with Gasteiger partial charge in [-0.05, 0) is 51.9 Å². The van der Waals surface area contributed by atoms with Gasteiger partial charge in [-0.15, -0.1) is 0 Å². The van der Waals surface area contributed by atoms with Crippen LogP contribution in [0.3, 0.4) is 0 Å². The van der Waals surface area contributed by atoms with Crippen LogP contribution in [0.25, 0.3) is 0 Å². The van der Waals surface area contributed by atoms with Crippen molar-refractivity contribution in [2.45, 2.75) is 52.2 Å². The SMILES string of the molecule is CCCNC(C)c1cc(Cl)ccc1OCCC(C)(C)O. The second kappa shape index (κ2) is 7.87. The summed E-state index contributed by atoms with van der Waals surface area (Å²) in [5.41, 5.74) is 0.347. The molecule has 1 rings (SSSR count). The van der Waals surface area contributed by atoms with E-state index in [-0.39, 0.29) is 6.04 Å². The normalized spacial score (nSPS) is 13.3. The van der Waals surface area contributed by atoms with Crippen molar-refractivity contribution >= 4 is 11.6 Å². The predicted molar refractivity (Wildman–Crippen MR) is 84.6 cm³/mol. The van der Waals surface area contributed by atoms with Crippen molar-refractivity contribution in [2.75, 3.05) is 13.2 Å². The van der Waals surface area contributed by atoms with Gasteiger partial charge >= 0.3 is 0 Å². The van der Waals surface area contributed by atoms with Crippen LogP contribution < -0.4 is 10.1 Å². The van der Waals surface area contributed by atoms with Crippen molar-refractivity contribution in [3.63, 3.8) is 0 Å². The van der Waals surface area contributed by atoms with Gasteiger partial charge in [0, 0.05) is 23.0 Å². The Morgan fingerprint density at radius 3 is 2.70 bits per heavy atom. The Labute approximate surface area is 127 Å². The third kappa shape index (κ3) is 6.12. The molecule has 0 aromatic heterocycles. The van der Waals surface area contributed by atoms with E-state index in [9.17, 15) is 5.11 Å². The highest BCUT2D eigenvalue weighted by molar-refractivity contribution is 6.30. The summed E-state index contributed by atoms with van der Waals surface area (Å²) in [5.74, 6) is 0.828. The Balaban J connectivity index is 2.74. The zero-order valence-corrected chi connectivity index (χ0v) is 13.6. The van der Waals surface area contributed by atoms with Crippen LogP contribution in [-0.4, -0.2) is 23.9 Å². The molecule has 0 saturated carbocycles. The van der Waals surface area contributed by atoms with Gasteiger partial charge in [-0.1, -0.05) is 18.5 Å². The molecule has 0 aliphatic heterocycles. The first-order valence-electron chi connectivity index (χ1n) is 7.21. The summed E-state index contributed by atoms with van der Waals surface area (Å²) in [6.45, 7) is 9.24. The Hall–Kier alpha value is -0.770. The lowest BCUT2D eigenvalue weighted by atomic mass is 10.1. The van der Waals surface area contributed by atoms with Gasteiger partial charge < -0.3 is 15.2 Å². The number of hydrogen-bond donors (Lipinski definition) is 2. The Morgan fingerprint density at radius 1 is 1.40 bits per heavy atom. The average molecular weight is 300 g/mol. The highest BCUT2D eigenvalue weighted by atomic mass is 35.5. The third-order valence-corrected chi connectivity index (χ3v) is 3.35. The zero-order chi connectivity index (χ0) is 15.2. The molecule has 3 nitrogen and oxygen atoms in total. The highest BCUT2D eigenvalue weighted by Gasteiger charge is 2.15. The molecule has 1 unspecified atom stereocenters. The fourth-order valence-corrected chi connectivity index (χ4v) is 2.05. The minimum atomic E-state index is -0.710. The summed E-state index contributed by atoms with van der Waals surface area (Å²) in [7, 11) is 0. The molecule has 0 fully saturated rings. The summed E-state index contributed by atoms with van der Waals surface area (Å²) < 4.78 is 5.81. The molecule has 1 atom stereocenters. The van der Waals surface area contributed by atoms with Gasteiger partial charge in [0.1, 0.15) is 5.75 Å². The molecule has 0 amide bonds. The van der Waals surface area contributed by atoms with E-state index in [4.69, 9.17) is 16.3 Å². The van der Waals surface area contributed by atoms with Crippen LogP contribution in [0, 0.1) is 0 Å². The molecule has 0 saturated heterocycles.